The van der Waals surface area contributed by atoms with Gasteiger partial charge in [0.15, 0.2) is 5.71 Å². The van der Waals surface area contributed by atoms with Gasteiger partial charge in [-0.2, -0.15) is 0 Å². The molecule has 1 fully saturated rings. The molecule has 3 atom stereocenters. The van der Waals surface area contributed by atoms with Gasteiger partial charge in [0.2, 0.25) is 5.91 Å². The largest absolute Gasteiger partial charge is 0.548 e. The topological polar surface area (TPSA) is 219 Å². The number of nitrogens with zero attached hydrogens (tertiary/aromatic N) is 2. The summed E-state index contributed by atoms with van der Waals surface area (Å²) in [4.78, 5) is 48.5. The number of carboxylic acid groups (broad SMARTS) is 2. The van der Waals surface area contributed by atoms with Gasteiger partial charge >= 0.3 is 0 Å². The van der Waals surface area contributed by atoms with Crippen LogP contribution in [0.25, 0.3) is 0 Å². The molecule has 6 N–H and O–H groups in total. The number of benzene rings is 2. The second-order valence-corrected chi connectivity index (χ2v) is 7.96. The Labute approximate surface area is 204 Å². The molecule has 0 aromatic heterocycles. The highest BCUT2D eigenvalue weighted by Gasteiger charge is 2.43. The molecule has 2 amide bonds. The zero-order chi connectivity index (χ0) is 26.4. The number of β-lactam (4-membered cyclic amide) rings is 1. The lowest BCUT2D eigenvalue weighted by Gasteiger charge is -2.44. The number of quaternary nitrogens is 1. The maximum Gasteiger partial charge on any atom is 0.274 e. The minimum atomic E-state index is -1.52. The normalized spacial score (nSPS) is 17.0. The number of hydrogen-bond donors (Lipinski definition) is 4. The molecule has 0 saturated carbocycles. The summed E-state index contributed by atoms with van der Waals surface area (Å²) in [5.41, 5.74) is 3.45. The van der Waals surface area contributed by atoms with Crippen LogP contribution in [0.2, 0.25) is 0 Å². The third kappa shape index (κ3) is 5.88. The van der Waals surface area contributed by atoms with Crippen molar-refractivity contribution in [1.82, 2.24) is 10.2 Å². The first-order valence-corrected chi connectivity index (χ1v) is 10.7. The fourth-order valence-electron chi connectivity index (χ4n) is 3.50. The SMILES string of the molecule is [NH3+][C@@H](CCOc1ccc(/C(=N\O)C(=O)N[C@H]2CN([C@@H](C(=O)[O-])c3ccc(O)cc3)C2=O)cc1)C(=O)[O-]. The summed E-state index contributed by atoms with van der Waals surface area (Å²) in [7, 11) is 0. The van der Waals surface area contributed by atoms with Gasteiger partial charge in [0.1, 0.15) is 23.6 Å². The van der Waals surface area contributed by atoms with E-state index in [1.54, 1.807) is 0 Å². The van der Waals surface area contributed by atoms with Gasteiger partial charge in [-0.15, -0.1) is 0 Å². The Morgan fingerprint density at radius 1 is 1.11 bits per heavy atom. The van der Waals surface area contributed by atoms with Crippen molar-refractivity contribution in [3.05, 3.63) is 59.7 Å². The summed E-state index contributed by atoms with van der Waals surface area (Å²) in [6.45, 7) is -0.0606. The molecule has 0 bridgehead atoms. The van der Waals surface area contributed by atoms with Crippen molar-refractivity contribution in [2.24, 2.45) is 5.16 Å². The molecule has 0 radical (unpaired) electrons. The monoisotopic (exact) mass is 499 g/mol. The van der Waals surface area contributed by atoms with Crippen LogP contribution in [0.3, 0.4) is 0 Å². The Morgan fingerprint density at radius 3 is 2.28 bits per heavy atom. The second kappa shape index (κ2) is 11.2. The zero-order valence-electron chi connectivity index (χ0n) is 18.8. The Morgan fingerprint density at radius 2 is 1.75 bits per heavy atom. The third-order valence-corrected chi connectivity index (χ3v) is 5.52. The van der Waals surface area contributed by atoms with Crippen molar-refractivity contribution in [2.45, 2.75) is 24.5 Å². The Balaban J connectivity index is 1.59. The number of phenolic OH excluding ortho intramolecular Hbond substituents is 1. The van der Waals surface area contributed by atoms with Crippen LogP contribution in [0, 0.1) is 0 Å². The number of carbonyl (C=O) groups is 4. The van der Waals surface area contributed by atoms with E-state index in [9.17, 15) is 39.7 Å². The number of oxime groups is 1. The molecule has 13 nitrogen and oxygen atoms in total. The highest BCUT2D eigenvalue weighted by Crippen LogP contribution is 2.28. The molecular weight excluding hydrogens is 476 g/mol. The first kappa shape index (κ1) is 26.0. The summed E-state index contributed by atoms with van der Waals surface area (Å²) >= 11 is 0. The third-order valence-electron chi connectivity index (χ3n) is 5.52. The predicted molar refractivity (Wildman–Crippen MR) is 116 cm³/mol. The lowest BCUT2D eigenvalue weighted by atomic mass is 9.97. The van der Waals surface area contributed by atoms with Crippen LogP contribution in [0.15, 0.2) is 53.7 Å². The Bertz CT molecular complexity index is 1170. The van der Waals surface area contributed by atoms with Gasteiger partial charge in [0.25, 0.3) is 5.91 Å². The molecule has 0 aliphatic carbocycles. The number of rotatable bonds is 11. The van der Waals surface area contributed by atoms with Crippen LogP contribution in [0.1, 0.15) is 23.6 Å². The summed E-state index contributed by atoms with van der Waals surface area (Å²) < 4.78 is 5.41. The van der Waals surface area contributed by atoms with Crippen LogP contribution >= 0.6 is 0 Å². The van der Waals surface area contributed by atoms with Crippen LogP contribution < -0.4 is 26.0 Å². The molecule has 1 aliphatic rings. The molecule has 1 saturated heterocycles. The molecule has 2 aromatic carbocycles. The van der Waals surface area contributed by atoms with E-state index in [4.69, 9.17) is 4.74 Å². The van der Waals surface area contributed by atoms with Crippen molar-refractivity contribution in [3.8, 4) is 11.5 Å². The minimum Gasteiger partial charge on any atom is -0.548 e. The van der Waals surface area contributed by atoms with Crippen molar-refractivity contribution >= 4 is 29.5 Å². The molecule has 0 unspecified atom stereocenters. The minimum absolute atomic E-state index is 0.0697. The van der Waals surface area contributed by atoms with Gasteiger partial charge in [0.05, 0.1) is 31.1 Å². The maximum atomic E-state index is 12.6. The number of likely N-dealkylation sites (tertiary alicyclic amines) is 1. The molecule has 1 aliphatic heterocycles. The van der Waals surface area contributed by atoms with Crippen LogP contribution in [-0.4, -0.2) is 69.9 Å². The van der Waals surface area contributed by atoms with Gasteiger partial charge in [-0.3, -0.25) is 9.59 Å². The van der Waals surface area contributed by atoms with Gasteiger partial charge in [-0.05, 0) is 42.0 Å². The molecule has 2 aromatic rings. The summed E-state index contributed by atoms with van der Waals surface area (Å²) in [6.07, 6.45) is 0.133. The standard InChI is InChI=1S/C23H24N4O9/c24-16(22(31)32)9-10-36-15-7-3-12(4-8-15)18(26-35)20(29)25-17-11-27(21(17)30)19(23(33)34)13-1-5-14(28)6-2-13/h1-8,16-17,19,28,35H,9-11,24H2,(H,25,29)(H,31,32)(H,33,34)/p-1/b26-18+/t16-,17-,19+/m0/s1. The average Bonchev–Trinajstić information content (AvgIpc) is 2.85. The van der Waals surface area contributed by atoms with Crippen molar-refractivity contribution < 1.29 is 50.2 Å². The van der Waals surface area contributed by atoms with Gasteiger partial charge in [-0.25, -0.2) is 0 Å². The summed E-state index contributed by atoms with van der Waals surface area (Å²) in [5, 5.41) is 46.4. The van der Waals surface area contributed by atoms with E-state index < -0.39 is 47.6 Å². The first-order valence-electron chi connectivity index (χ1n) is 10.7. The van der Waals surface area contributed by atoms with E-state index in [-0.39, 0.29) is 36.4 Å². The molecular formula is C23H23N4O9-. The summed E-state index contributed by atoms with van der Waals surface area (Å²) in [5.74, 6) is -4.06. The number of carboxylic acids is 2. The van der Waals surface area contributed by atoms with Gasteiger partial charge < -0.3 is 50.8 Å². The second-order valence-electron chi connectivity index (χ2n) is 7.96. The van der Waals surface area contributed by atoms with E-state index in [1.165, 1.54) is 48.5 Å². The van der Waals surface area contributed by atoms with E-state index in [0.717, 1.165) is 4.90 Å². The highest BCUT2D eigenvalue weighted by atomic mass is 16.5. The highest BCUT2D eigenvalue weighted by molar-refractivity contribution is 6.45. The smallest absolute Gasteiger partial charge is 0.274 e. The molecule has 190 valence electrons. The molecule has 13 heteroatoms. The number of nitrogens with one attached hydrogen (secondary N) is 1. The fraction of sp³-hybridized carbons (Fsp3) is 0.261. The molecule has 36 heavy (non-hydrogen) atoms. The lowest BCUT2D eigenvalue weighted by Crippen LogP contribution is -2.68. The van der Waals surface area contributed by atoms with E-state index >= 15 is 0 Å². The summed E-state index contributed by atoms with van der Waals surface area (Å²) in [6, 6.07) is 7.68. The fourth-order valence-corrected chi connectivity index (χ4v) is 3.50. The molecule has 3 rings (SSSR count). The Hall–Kier alpha value is -4.65. The maximum absolute atomic E-state index is 12.6. The molecule has 1 heterocycles. The van der Waals surface area contributed by atoms with Crippen molar-refractivity contribution in [1.29, 1.82) is 0 Å². The molecule has 0 spiro atoms. The first-order chi connectivity index (χ1) is 17.1. The zero-order valence-corrected chi connectivity index (χ0v) is 18.8. The quantitative estimate of drug-likeness (QED) is 0.104. The average molecular weight is 499 g/mol. The van der Waals surface area contributed by atoms with E-state index in [1.807, 2.05) is 0 Å². The van der Waals surface area contributed by atoms with E-state index in [0.29, 0.717) is 5.75 Å². The lowest BCUT2D eigenvalue weighted by molar-refractivity contribution is -0.438. The van der Waals surface area contributed by atoms with Crippen LogP contribution in [0.5, 0.6) is 11.5 Å². The van der Waals surface area contributed by atoms with Crippen molar-refractivity contribution in [3.63, 3.8) is 0 Å². The van der Waals surface area contributed by atoms with Gasteiger partial charge in [-0.1, -0.05) is 17.3 Å². The predicted octanol–water partition coefficient (Wildman–Crippen LogP) is -3.48. The van der Waals surface area contributed by atoms with Crippen molar-refractivity contribution in [2.75, 3.05) is 13.2 Å². The Kier molecular flexibility index (Phi) is 8.07. The van der Waals surface area contributed by atoms with Gasteiger partial charge in [0, 0.05) is 12.0 Å². The number of amides is 2. The van der Waals surface area contributed by atoms with E-state index in [2.05, 4.69) is 16.2 Å². The van der Waals surface area contributed by atoms with Crippen LogP contribution in [-0.2, 0) is 19.2 Å². The number of hydrogen-bond acceptors (Lipinski definition) is 10. The number of ether oxygens (including phenoxy) is 1. The number of phenols is 1. The number of aliphatic carboxylic acids is 2. The number of carbonyl (C=O) groups excluding carboxylic acids is 4. The van der Waals surface area contributed by atoms with Crippen LogP contribution in [0.4, 0.5) is 0 Å². The number of aromatic hydroxyl groups is 1.